The van der Waals surface area contributed by atoms with Gasteiger partial charge in [0.15, 0.2) is 0 Å². The molecule has 0 fully saturated rings. The minimum absolute atomic E-state index is 0.0170. The van der Waals surface area contributed by atoms with E-state index in [1.54, 1.807) is 0 Å². The zero-order valence-corrected chi connectivity index (χ0v) is 7.98. The Labute approximate surface area is 74.9 Å². The number of unbranched alkanes of at least 4 members (excludes halogenated alkanes) is 1. The largest absolute Gasteiger partial charge is 0.451 e. The smallest absolute Gasteiger partial charge is 0.427 e. The monoisotopic (exact) mass is 228 g/mol. The molecule has 0 unspecified atom stereocenters. The van der Waals surface area contributed by atoms with E-state index < -0.39 is 7.12 Å². The molecule has 0 saturated carbocycles. The Morgan fingerprint density at radius 1 is 1.40 bits per heavy atom. The molecule has 1 atom stereocenters. The van der Waals surface area contributed by atoms with Gasteiger partial charge in [-0.1, -0.05) is 28.8 Å². The SMILES string of the molecule is OB(O)CCCC[C@H](Cl)Br. The summed E-state index contributed by atoms with van der Waals surface area (Å²) in [5.74, 6) is 0. The van der Waals surface area contributed by atoms with E-state index >= 15 is 0 Å². The van der Waals surface area contributed by atoms with Crippen LogP contribution >= 0.6 is 27.5 Å². The molecule has 0 aliphatic heterocycles. The molecule has 0 aromatic rings. The van der Waals surface area contributed by atoms with Gasteiger partial charge in [-0.3, -0.25) is 0 Å². The zero-order valence-electron chi connectivity index (χ0n) is 5.63. The van der Waals surface area contributed by atoms with E-state index in [2.05, 4.69) is 15.9 Å². The number of halogens is 2. The Hall–Kier alpha value is 0.755. The van der Waals surface area contributed by atoms with Gasteiger partial charge >= 0.3 is 7.12 Å². The molecule has 0 aromatic heterocycles. The van der Waals surface area contributed by atoms with Crippen molar-refractivity contribution in [2.45, 2.75) is 29.9 Å². The van der Waals surface area contributed by atoms with Gasteiger partial charge < -0.3 is 10.0 Å². The van der Waals surface area contributed by atoms with Crippen LogP contribution in [0.25, 0.3) is 0 Å². The first-order valence-electron chi connectivity index (χ1n) is 3.27. The highest BCUT2D eigenvalue weighted by molar-refractivity contribution is 9.10. The third-order valence-electron chi connectivity index (χ3n) is 1.13. The van der Waals surface area contributed by atoms with Gasteiger partial charge in [-0.15, -0.1) is 11.6 Å². The van der Waals surface area contributed by atoms with Crippen molar-refractivity contribution < 1.29 is 10.0 Å². The predicted molar refractivity (Wildman–Crippen MR) is 47.4 cm³/mol. The molecule has 5 heteroatoms. The summed E-state index contributed by atoms with van der Waals surface area (Å²) in [4.78, 5) is 0. The maximum atomic E-state index is 8.43. The van der Waals surface area contributed by atoms with Crippen LogP contribution in [0.4, 0.5) is 0 Å². The summed E-state index contributed by atoms with van der Waals surface area (Å²) < 4.78 is 0.0170. The molecule has 0 radical (unpaired) electrons. The number of alkyl halides is 2. The van der Waals surface area contributed by atoms with Gasteiger partial charge in [0.05, 0.1) is 4.29 Å². The molecule has 0 saturated heterocycles. The van der Waals surface area contributed by atoms with E-state index in [-0.39, 0.29) is 4.29 Å². The Balaban J connectivity index is 2.91. The quantitative estimate of drug-likeness (QED) is 0.427. The van der Waals surface area contributed by atoms with E-state index in [4.69, 9.17) is 21.6 Å². The summed E-state index contributed by atoms with van der Waals surface area (Å²) in [5, 5.41) is 16.9. The second kappa shape index (κ2) is 6.46. The van der Waals surface area contributed by atoms with E-state index in [1.807, 2.05) is 0 Å². The van der Waals surface area contributed by atoms with Crippen LogP contribution in [0.15, 0.2) is 0 Å². The average molecular weight is 229 g/mol. The fourth-order valence-corrected chi connectivity index (χ4v) is 1.10. The lowest BCUT2D eigenvalue weighted by atomic mass is 9.83. The fraction of sp³-hybridized carbons (Fsp3) is 1.00. The van der Waals surface area contributed by atoms with Crippen molar-refractivity contribution >= 4 is 34.6 Å². The van der Waals surface area contributed by atoms with Crippen molar-refractivity contribution in [3.8, 4) is 0 Å². The van der Waals surface area contributed by atoms with Crippen LogP contribution < -0.4 is 0 Å². The molecule has 0 heterocycles. The Morgan fingerprint density at radius 3 is 2.40 bits per heavy atom. The van der Waals surface area contributed by atoms with E-state index in [1.165, 1.54) is 0 Å². The molecule has 0 bridgehead atoms. The summed E-state index contributed by atoms with van der Waals surface area (Å²) in [6.07, 6.45) is 3.05. The first-order valence-corrected chi connectivity index (χ1v) is 4.62. The molecule has 0 rings (SSSR count). The molecule has 2 N–H and O–H groups in total. The third-order valence-corrected chi connectivity index (χ3v) is 1.81. The maximum absolute atomic E-state index is 8.43. The number of hydrogen-bond acceptors (Lipinski definition) is 2. The van der Waals surface area contributed by atoms with Crippen molar-refractivity contribution in [3.05, 3.63) is 0 Å². The van der Waals surface area contributed by atoms with E-state index in [9.17, 15) is 0 Å². The molecule has 0 amide bonds. The highest BCUT2D eigenvalue weighted by atomic mass is 79.9. The van der Waals surface area contributed by atoms with Gasteiger partial charge in [-0.2, -0.15) is 0 Å². The number of rotatable bonds is 5. The van der Waals surface area contributed by atoms with E-state index in [0.717, 1.165) is 19.3 Å². The fourth-order valence-electron chi connectivity index (χ4n) is 0.626. The van der Waals surface area contributed by atoms with Crippen molar-refractivity contribution in [1.29, 1.82) is 0 Å². The topological polar surface area (TPSA) is 40.5 Å². The Kier molecular flexibility index (Phi) is 6.95. The first-order chi connectivity index (χ1) is 4.63. The van der Waals surface area contributed by atoms with Crippen LogP contribution in [0.2, 0.25) is 6.32 Å². The summed E-state index contributed by atoms with van der Waals surface area (Å²) in [7, 11) is -1.16. The Morgan fingerprint density at radius 2 is 2.00 bits per heavy atom. The number of hydrogen-bond donors (Lipinski definition) is 2. The highest BCUT2D eigenvalue weighted by Gasteiger charge is 2.05. The molecule has 0 aliphatic carbocycles. The van der Waals surface area contributed by atoms with Crippen LogP contribution in [-0.2, 0) is 0 Å². The average Bonchev–Trinajstić information content (AvgIpc) is 1.79. The lowest BCUT2D eigenvalue weighted by molar-refractivity contribution is 0.402. The molecule has 0 aromatic carbocycles. The summed E-state index contributed by atoms with van der Waals surface area (Å²) in [6, 6.07) is 0. The van der Waals surface area contributed by atoms with Crippen LogP contribution in [0, 0.1) is 0 Å². The predicted octanol–water partition coefficient (Wildman–Crippen LogP) is 1.59. The summed E-state index contributed by atoms with van der Waals surface area (Å²) >= 11 is 8.77. The second-order valence-corrected chi connectivity index (χ2v) is 4.32. The van der Waals surface area contributed by atoms with Crippen LogP contribution in [0.1, 0.15) is 19.3 Å². The van der Waals surface area contributed by atoms with Gasteiger partial charge in [0.2, 0.25) is 0 Å². The maximum Gasteiger partial charge on any atom is 0.451 e. The van der Waals surface area contributed by atoms with Crippen LogP contribution in [0.5, 0.6) is 0 Å². The lowest BCUT2D eigenvalue weighted by Gasteiger charge is -2.00. The minimum atomic E-state index is -1.16. The summed E-state index contributed by atoms with van der Waals surface area (Å²) in [5.41, 5.74) is 0. The molecular formula is C5H11BBrClO2. The third kappa shape index (κ3) is 8.75. The van der Waals surface area contributed by atoms with Crippen molar-refractivity contribution in [2.24, 2.45) is 0 Å². The molecule has 60 valence electrons. The van der Waals surface area contributed by atoms with Crippen LogP contribution in [0.3, 0.4) is 0 Å². The standard InChI is InChI=1S/C5H11BBrClO2/c7-5(8)3-1-2-4-6(9)10/h5,9-10H,1-4H2/t5-/m0/s1. The molecular weight excluding hydrogens is 218 g/mol. The van der Waals surface area contributed by atoms with Gasteiger partial charge in [-0.25, -0.2) is 0 Å². The van der Waals surface area contributed by atoms with Gasteiger partial charge in [0.25, 0.3) is 0 Å². The highest BCUT2D eigenvalue weighted by Crippen LogP contribution is 2.14. The second-order valence-electron chi connectivity index (χ2n) is 2.16. The van der Waals surface area contributed by atoms with Gasteiger partial charge in [0, 0.05) is 0 Å². The first kappa shape index (κ1) is 10.8. The Bertz CT molecular complexity index is 72.0. The van der Waals surface area contributed by atoms with Crippen molar-refractivity contribution in [1.82, 2.24) is 0 Å². The lowest BCUT2D eigenvalue weighted by Crippen LogP contribution is -2.09. The molecule has 0 spiro atoms. The van der Waals surface area contributed by atoms with Crippen molar-refractivity contribution in [2.75, 3.05) is 0 Å². The zero-order chi connectivity index (χ0) is 7.98. The van der Waals surface area contributed by atoms with Gasteiger partial charge in [0.1, 0.15) is 0 Å². The molecule has 0 aliphatic rings. The van der Waals surface area contributed by atoms with Gasteiger partial charge in [-0.05, 0) is 12.7 Å². The summed E-state index contributed by atoms with van der Waals surface area (Å²) in [6.45, 7) is 0. The van der Waals surface area contributed by atoms with Crippen molar-refractivity contribution in [3.63, 3.8) is 0 Å². The molecule has 10 heavy (non-hydrogen) atoms. The van der Waals surface area contributed by atoms with Crippen LogP contribution in [-0.4, -0.2) is 21.5 Å². The van der Waals surface area contributed by atoms with E-state index in [0.29, 0.717) is 6.32 Å². The minimum Gasteiger partial charge on any atom is -0.427 e. The normalized spacial score (nSPS) is 13.2. The molecule has 2 nitrogen and oxygen atoms in total.